The maximum Gasteiger partial charge on any atom is 0.155 e. The fraction of sp³-hybridized carbons (Fsp3) is 0.190. The number of hydrogen-bond donors (Lipinski definition) is 1. The molecule has 0 saturated carbocycles. The molecule has 0 fully saturated rings. The monoisotopic (exact) mass is 530 g/mol. The molecule has 2 aromatic carbocycles. The van der Waals surface area contributed by atoms with Gasteiger partial charge >= 0.3 is 0 Å². The van der Waals surface area contributed by atoms with Gasteiger partial charge in [-0.25, -0.2) is 0 Å². The molecule has 0 saturated heterocycles. The van der Waals surface area contributed by atoms with Gasteiger partial charge in [0.05, 0.1) is 5.76 Å². The molecule has 1 atom stereocenters. The number of carbonyl (C=O) groups excluding carboxylic acids is 1. The first-order chi connectivity index (χ1) is 11.9. The zero-order valence-corrected chi connectivity index (χ0v) is 17.2. The number of rotatable bonds is 2. The minimum Gasteiger partial charge on any atom is -0.682 e. The predicted octanol–water partition coefficient (Wildman–Crippen LogP) is 5.42. The van der Waals surface area contributed by atoms with E-state index in [1.54, 1.807) is 13.1 Å². The third-order valence-electron chi connectivity index (χ3n) is 3.60. The summed E-state index contributed by atoms with van der Waals surface area (Å²) in [6, 6.07) is 14.2. The first-order valence-electron chi connectivity index (χ1n) is 7.89. The minimum absolute atomic E-state index is 0. The minimum atomic E-state index is -0.224. The number of aliphatic hydroxyl groups excluding tert-OH is 1. The van der Waals surface area contributed by atoms with Gasteiger partial charge in [-0.05, 0) is 19.4 Å². The van der Waals surface area contributed by atoms with Crippen molar-refractivity contribution in [3.8, 4) is 0 Å². The Kier molecular flexibility index (Phi) is 8.43. The van der Waals surface area contributed by atoms with Gasteiger partial charge in [0.2, 0.25) is 0 Å². The van der Waals surface area contributed by atoms with Crippen LogP contribution in [0.15, 0.2) is 54.4 Å². The van der Waals surface area contributed by atoms with E-state index in [0.717, 1.165) is 16.7 Å². The molecule has 0 aliphatic carbocycles. The number of carbonyl (C=O) groups is 1. The van der Waals surface area contributed by atoms with Gasteiger partial charge in [0.15, 0.2) is 5.78 Å². The number of halogens is 1. The van der Waals surface area contributed by atoms with E-state index < -0.39 is 0 Å². The van der Waals surface area contributed by atoms with Crippen LogP contribution in [0.5, 0.6) is 0 Å². The Morgan fingerprint density at radius 3 is 2.58 bits per heavy atom. The van der Waals surface area contributed by atoms with Crippen molar-refractivity contribution in [2.24, 2.45) is 0 Å². The summed E-state index contributed by atoms with van der Waals surface area (Å²) in [6.45, 7) is 4.61. The van der Waals surface area contributed by atoms with E-state index in [9.17, 15) is 9.18 Å². The number of aryl methyl sites for hydroxylation is 1. The Labute approximate surface area is 167 Å². The molecule has 1 radical (unpaired) electrons. The van der Waals surface area contributed by atoms with E-state index in [0.29, 0.717) is 5.56 Å². The number of fused-ring (bicyclic) bond motifs is 1. The van der Waals surface area contributed by atoms with E-state index in [2.05, 4.69) is 23.5 Å². The Bertz CT molecular complexity index is 827. The van der Waals surface area contributed by atoms with Crippen LogP contribution in [-0.2, 0) is 24.9 Å². The fourth-order valence-corrected chi connectivity index (χ4v) is 2.51. The summed E-state index contributed by atoms with van der Waals surface area (Å²) in [6.07, 6.45) is 4.96. The van der Waals surface area contributed by atoms with Gasteiger partial charge in [0.25, 0.3) is 0 Å². The summed E-state index contributed by atoms with van der Waals surface area (Å²) in [5.74, 6) is -0.286. The second kappa shape index (κ2) is 10.0. The third-order valence-corrected chi connectivity index (χ3v) is 3.60. The Hall–Kier alpha value is -2.23. The van der Waals surface area contributed by atoms with E-state index in [1.165, 1.54) is 26.0 Å². The second-order valence-corrected chi connectivity index (χ2v) is 5.81. The number of allylic oxidation sites excluding steroid dienone is 2. The van der Waals surface area contributed by atoms with Crippen LogP contribution in [0, 0.1) is 18.8 Å². The molecule has 1 unspecified atom stereocenters. The van der Waals surface area contributed by atoms with Crippen molar-refractivity contribution in [2.75, 3.05) is 0 Å². The Morgan fingerprint density at radius 2 is 2.00 bits per heavy atom. The molecule has 5 heteroatoms. The van der Waals surface area contributed by atoms with E-state index in [4.69, 9.17) is 5.11 Å². The van der Waals surface area contributed by atoms with E-state index in [-0.39, 0.29) is 43.5 Å². The van der Waals surface area contributed by atoms with Crippen LogP contribution < -0.4 is 0 Å². The normalized spacial score (nSPS) is 14.9. The topological polar surface area (TPSA) is 51.4 Å². The van der Waals surface area contributed by atoms with Crippen molar-refractivity contribution in [1.29, 1.82) is 0 Å². The molecule has 26 heavy (non-hydrogen) atoms. The zero-order chi connectivity index (χ0) is 18.4. The van der Waals surface area contributed by atoms with Crippen LogP contribution in [0.3, 0.4) is 0 Å². The van der Waals surface area contributed by atoms with Crippen LogP contribution in [-0.4, -0.2) is 10.9 Å². The van der Waals surface area contributed by atoms with Crippen LogP contribution in [0.4, 0.5) is 4.39 Å². The second-order valence-electron chi connectivity index (χ2n) is 5.81. The summed E-state index contributed by atoms with van der Waals surface area (Å²) in [7, 11) is 0. The molecule has 0 bridgehead atoms. The standard InChI is InChI=1S/C16H12FN.C5H8O2.Ir/c1-11-10-13(6-7-15(11)17)16-14-5-3-2-4-12(14)8-9-18-16;1-4(6)3-5(2)7;/h2-5,7-10,16H,1H3;3,6H,1-2H3;/q-2;;/b;4-3-;. The molecular formula is C21H20FIrNO2-2. The van der Waals surface area contributed by atoms with Crippen molar-refractivity contribution < 1.29 is 34.4 Å². The number of ketones is 1. The largest absolute Gasteiger partial charge is 0.682 e. The van der Waals surface area contributed by atoms with E-state index in [1.807, 2.05) is 24.3 Å². The number of nitrogens with zero attached hydrogens (tertiary/aromatic N) is 1. The molecule has 2 aromatic rings. The van der Waals surface area contributed by atoms with Gasteiger partial charge in [0.1, 0.15) is 0 Å². The molecule has 3 rings (SSSR count). The number of hydrogen-bond acceptors (Lipinski definition) is 2. The van der Waals surface area contributed by atoms with Gasteiger partial charge in [-0.2, -0.15) is 23.9 Å². The number of aliphatic hydroxyl groups is 1. The molecule has 1 aliphatic heterocycles. The SMILES string of the molecule is CC(=O)/C=C(/C)O.Cc1cc(C2[N-]C=Cc3ccccc32)[c-]cc1F.[Ir]. The summed E-state index contributed by atoms with van der Waals surface area (Å²) in [5, 5.41) is 12.8. The molecule has 1 N–H and O–H groups in total. The van der Waals surface area contributed by atoms with Crippen molar-refractivity contribution in [2.45, 2.75) is 26.8 Å². The Balaban J connectivity index is 0.000000366. The molecule has 139 valence electrons. The molecule has 1 heterocycles. The van der Waals surface area contributed by atoms with Crippen LogP contribution >= 0.6 is 0 Å². The van der Waals surface area contributed by atoms with Crippen molar-refractivity contribution in [1.82, 2.24) is 0 Å². The molecule has 0 spiro atoms. The maximum atomic E-state index is 13.3. The smallest absolute Gasteiger partial charge is 0.155 e. The molecule has 1 aliphatic rings. The molecule has 0 amide bonds. The van der Waals surface area contributed by atoms with Gasteiger partial charge < -0.3 is 10.4 Å². The van der Waals surface area contributed by atoms with Crippen LogP contribution in [0.2, 0.25) is 0 Å². The van der Waals surface area contributed by atoms with Gasteiger partial charge in [0, 0.05) is 32.0 Å². The average Bonchev–Trinajstić information content (AvgIpc) is 2.56. The van der Waals surface area contributed by atoms with E-state index >= 15 is 0 Å². The molecule has 3 nitrogen and oxygen atoms in total. The summed E-state index contributed by atoms with van der Waals surface area (Å²) in [4.78, 5) is 10.0. The first-order valence-corrected chi connectivity index (χ1v) is 7.89. The maximum absolute atomic E-state index is 13.3. The van der Waals surface area contributed by atoms with Crippen LogP contribution in [0.25, 0.3) is 11.4 Å². The van der Waals surface area contributed by atoms with Gasteiger partial charge in [-0.1, -0.05) is 48.9 Å². The van der Waals surface area contributed by atoms with Crippen molar-refractivity contribution in [3.63, 3.8) is 0 Å². The van der Waals surface area contributed by atoms with Crippen molar-refractivity contribution in [3.05, 3.63) is 93.9 Å². The fourth-order valence-electron chi connectivity index (χ4n) is 2.51. The molecular weight excluding hydrogens is 509 g/mol. The molecule has 0 aromatic heterocycles. The quantitative estimate of drug-likeness (QED) is 0.321. The van der Waals surface area contributed by atoms with Crippen molar-refractivity contribution >= 4 is 11.9 Å². The third kappa shape index (κ3) is 5.94. The zero-order valence-electron chi connectivity index (χ0n) is 14.8. The van der Waals surface area contributed by atoms with Gasteiger partial charge in [-0.3, -0.25) is 9.18 Å². The average molecular weight is 530 g/mol. The summed E-state index contributed by atoms with van der Waals surface area (Å²) in [5.41, 5.74) is 3.84. The first kappa shape index (κ1) is 21.8. The summed E-state index contributed by atoms with van der Waals surface area (Å²) < 4.78 is 13.3. The number of benzene rings is 2. The van der Waals surface area contributed by atoms with Crippen LogP contribution in [0.1, 0.15) is 42.1 Å². The summed E-state index contributed by atoms with van der Waals surface area (Å²) >= 11 is 0. The van der Waals surface area contributed by atoms with Gasteiger partial charge in [-0.15, -0.1) is 11.6 Å². The Morgan fingerprint density at radius 1 is 1.31 bits per heavy atom. The predicted molar refractivity (Wildman–Crippen MR) is 97.7 cm³/mol.